The first-order valence-electron chi connectivity index (χ1n) is 6.26. The minimum atomic E-state index is -0.175. The summed E-state index contributed by atoms with van der Waals surface area (Å²) in [7, 11) is 0. The highest BCUT2D eigenvalue weighted by atomic mass is 35.5. The van der Waals surface area contributed by atoms with Crippen molar-refractivity contribution < 1.29 is 0 Å². The fourth-order valence-electron chi connectivity index (χ4n) is 2.28. The van der Waals surface area contributed by atoms with Gasteiger partial charge in [0.25, 0.3) is 5.56 Å². The number of pyridine rings is 1. The third kappa shape index (κ3) is 2.47. The van der Waals surface area contributed by atoms with Gasteiger partial charge in [0.1, 0.15) is 0 Å². The Balaban J connectivity index is 2.85. The lowest BCUT2D eigenvalue weighted by Crippen LogP contribution is -2.24. The van der Waals surface area contributed by atoms with Gasteiger partial charge in [-0.1, -0.05) is 43.0 Å². The van der Waals surface area contributed by atoms with Crippen molar-refractivity contribution in [1.82, 2.24) is 4.57 Å². The van der Waals surface area contributed by atoms with Crippen molar-refractivity contribution in [2.24, 2.45) is 0 Å². The number of benzene rings is 1. The molecule has 0 N–H and O–H groups in total. The van der Waals surface area contributed by atoms with Crippen LogP contribution in [0.3, 0.4) is 0 Å². The highest BCUT2D eigenvalue weighted by Crippen LogP contribution is 2.21. The molecule has 1 heterocycles. The third-order valence-corrected chi connectivity index (χ3v) is 3.36. The average molecular weight is 286 g/mol. The van der Waals surface area contributed by atoms with Crippen molar-refractivity contribution in [2.45, 2.75) is 13.8 Å². The summed E-state index contributed by atoms with van der Waals surface area (Å²) in [6.07, 6.45) is 1.62. The molecular weight excluding hydrogens is 270 g/mol. The largest absolute Gasteiger partial charge is 0.281 e. The number of hydrogen-bond donors (Lipinski definition) is 0. The maximum atomic E-state index is 12.7. The Bertz CT molecular complexity index is 756. The van der Waals surface area contributed by atoms with Crippen molar-refractivity contribution in [3.8, 4) is 5.69 Å². The van der Waals surface area contributed by atoms with E-state index in [1.165, 1.54) is 0 Å². The second-order valence-electron chi connectivity index (χ2n) is 4.70. The molecule has 0 atom stereocenters. The molecule has 0 saturated carbocycles. The van der Waals surface area contributed by atoms with Gasteiger partial charge in [0.15, 0.2) is 0 Å². The van der Waals surface area contributed by atoms with E-state index >= 15 is 0 Å². The summed E-state index contributed by atoms with van der Waals surface area (Å²) in [6, 6.07) is 9.66. The van der Waals surface area contributed by atoms with Gasteiger partial charge in [-0.2, -0.15) is 0 Å². The molecule has 0 radical (unpaired) electrons. The molecule has 102 valence electrons. The summed E-state index contributed by atoms with van der Waals surface area (Å²) in [4.78, 5) is 12.7. The summed E-state index contributed by atoms with van der Waals surface area (Å²) in [5.74, 6) is 0. The van der Waals surface area contributed by atoms with E-state index in [0.717, 1.165) is 16.9 Å². The zero-order chi connectivity index (χ0) is 14.9. The van der Waals surface area contributed by atoms with Crippen LogP contribution in [0, 0.1) is 13.8 Å². The van der Waals surface area contributed by atoms with Crippen LogP contribution in [0.5, 0.6) is 0 Å². The van der Waals surface area contributed by atoms with Gasteiger partial charge >= 0.3 is 0 Å². The van der Waals surface area contributed by atoms with Crippen LogP contribution >= 0.6 is 11.6 Å². The van der Waals surface area contributed by atoms with E-state index < -0.39 is 0 Å². The highest BCUT2D eigenvalue weighted by molar-refractivity contribution is 6.48. The topological polar surface area (TPSA) is 22.0 Å². The number of halogens is 1. The summed E-state index contributed by atoms with van der Waals surface area (Å²) in [6.45, 7) is 11.3. The molecule has 0 unspecified atom stereocenters. The van der Waals surface area contributed by atoms with Crippen molar-refractivity contribution in [1.29, 1.82) is 0 Å². The van der Waals surface area contributed by atoms with Gasteiger partial charge in [-0.05, 0) is 43.2 Å². The molecule has 2 aromatic rings. The first-order valence-corrected chi connectivity index (χ1v) is 6.64. The molecule has 0 amide bonds. The van der Waals surface area contributed by atoms with Crippen LogP contribution in [0.25, 0.3) is 16.8 Å². The SMILES string of the molecule is C=Cc1cc(C)n(-c2cccc(C)c2)c(=O)c1C(=C)Cl. The molecule has 0 spiro atoms. The number of nitrogens with zero attached hydrogens (tertiary/aromatic N) is 1. The molecule has 0 aliphatic heterocycles. The third-order valence-electron chi connectivity index (χ3n) is 3.17. The Hall–Kier alpha value is -2.06. The first-order chi connectivity index (χ1) is 9.45. The molecule has 1 aromatic heterocycles. The van der Waals surface area contributed by atoms with Crippen LogP contribution in [-0.2, 0) is 0 Å². The quantitative estimate of drug-likeness (QED) is 0.824. The van der Waals surface area contributed by atoms with Crippen molar-refractivity contribution in [2.75, 3.05) is 0 Å². The van der Waals surface area contributed by atoms with Crippen molar-refractivity contribution in [3.63, 3.8) is 0 Å². The molecular formula is C17H16ClNO. The number of aryl methyl sites for hydroxylation is 2. The van der Waals surface area contributed by atoms with Crippen LogP contribution in [-0.4, -0.2) is 4.57 Å². The predicted molar refractivity (Wildman–Crippen MR) is 86.5 cm³/mol. The lowest BCUT2D eigenvalue weighted by Gasteiger charge is -2.14. The maximum absolute atomic E-state index is 12.7. The molecule has 0 aliphatic carbocycles. The second-order valence-corrected chi connectivity index (χ2v) is 5.16. The minimum Gasteiger partial charge on any atom is -0.281 e. The Morgan fingerprint density at radius 2 is 2.00 bits per heavy atom. The molecule has 2 rings (SSSR count). The fourth-order valence-corrected chi connectivity index (χ4v) is 2.47. The van der Waals surface area contributed by atoms with Gasteiger partial charge in [-0.25, -0.2) is 0 Å². The van der Waals surface area contributed by atoms with E-state index in [1.807, 2.05) is 44.2 Å². The molecule has 0 bridgehead atoms. The lowest BCUT2D eigenvalue weighted by atomic mass is 10.1. The maximum Gasteiger partial charge on any atom is 0.264 e. The van der Waals surface area contributed by atoms with Crippen molar-refractivity contribution in [3.05, 3.63) is 76.2 Å². The van der Waals surface area contributed by atoms with Gasteiger partial charge in [0.2, 0.25) is 0 Å². The fraction of sp³-hybridized carbons (Fsp3) is 0.118. The van der Waals surface area contributed by atoms with Gasteiger partial charge in [-0.15, -0.1) is 0 Å². The normalized spacial score (nSPS) is 10.3. The standard InChI is InChI=1S/C17H16ClNO/c1-5-14-10-12(3)19(17(20)16(14)13(4)18)15-8-6-7-11(2)9-15/h5-10H,1,4H2,2-3H3. The number of rotatable bonds is 3. The molecule has 1 aromatic carbocycles. The van der Waals surface area contributed by atoms with Gasteiger partial charge in [-0.3, -0.25) is 9.36 Å². The van der Waals surface area contributed by atoms with E-state index in [-0.39, 0.29) is 10.6 Å². The highest BCUT2D eigenvalue weighted by Gasteiger charge is 2.14. The summed E-state index contributed by atoms with van der Waals surface area (Å²) in [5.41, 5.74) is 3.67. The molecule has 0 aliphatic rings. The smallest absolute Gasteiger partial charge is 0.264 e. The molecule has 0 saturated heterocycles. The predicted octanol–water partition coefficient (Wildman–Crippen LogP) is 4.31. The minimum absolute atomic E-state index is 0.175. The van der Waals surface area contributed by atoms with Crippen LogP contribution in [0.1, 0.15) is 22.4 Å². The van der Waals surface area contributed by atoms with Crippen molar-refractivity contribution >= 4 is 22.7 Å². The van der Waals surface area contributed by atoms with Gasteiger partial charge < -0.3 is 0 Å². The zero-order valence-corrected chi connectivity index (χ0v) is 12.4. The monoisotopic (exact) mass is 285 g/mol. The Kier molecular flexibility index (Phi) is 3.96. The summed E-state index contributed by atoms with van der Waals surface area (Å²) in [5, 5.41) is 0.228. The molecule has 2 nitrogen and oxygen atoms in total. The Morgan fingerprint density at radius 1 is 1.30 bits per heavy atom. The van der Waals surface area contributed by atoms with E-state index in [4.69, 9.17) is 11.6 Å². The summed E-state index contributed by atoms with van der Waals surface area (Å²) >= 11 is 5.98. The lowest BCUT2D eigenvalue weighted by molar-refractivity contribution is 0.926. The Labute approximate surface area is 123 Å². The van der Waals surface area contributed by atoms with Crippen LogP contribution in [0.4, 0.5) is 0 Å². The summed E-state index contributed by atoms with van der Waals surface area (Å²) < 4.78 is 1.64. The van der Waals surface area contributed by atoms with Gasteiger partial charge in [0, 0.05) is 16.4 Å². The van der Waals surface area contributed by atoms with E-state index in [9.17, 15) is 4.79 Å². The van der Waals surface area contributed by atoms with E-state index in [1.54, 1.807) is 10.6 Å². The number of hydrogen-bond acceptors (Lipinski definition) is 1. The van der Waals surface area contributed by atoms with E-state index in [0.29, 0.717) is 11.1 Å². The van der Waals surface area contributed by atoms with Gasteiger partial charge in [0.05, 0.1) is 5.56 Å². The average Bonchev–Trinajstić information content (AvgIpc) is 2.37. The molecule has 3 heteroatoms. The van der Waals surface area contributed by atoms with Crippen LogP contribution in [0.2, 0.25) is 0 Å². The number of aromatic nitrogens is 1. The molecule has 20 heavy (non-hydrogen) atoms. The zero-order valence-electron chi connectivity index (χ0n) is 11.6. The molecule has 0 fully saturated rings. The van der Waals surface area contributed by atoms with E-state index in [2.05, 4.69) is 13.2 Å². The second kappa shape index (κ2) is 5.51. The van der Waals surface area contributed by atoms with Crippen LogP contribution in [0.15, 0.2) is 48.3 Å². The Morgan fingerprint density at radius 3 is 2.55 bits per heavy atom. The first kappa shape index (κ1) is 14.4. The van der Waals surface area contributed by atoms with Crippen LogP contribution < -0.4 is 5.56 Å².